The van der Waals surface area contributed by atoms with Gasteiger partial charge in [-0.3, -0.25) is 4.68 Å². The van der Waals surface area contributed by atoms with E-state index in [1.807, 2.05) is 6.20 Å². The Kier molecular flexibility index (Phi) is 2.99. The van der Waals surface area contributed by atoms with Gasteiger partial charge in [0.05, 0.1) is 12.2 Å². The smallest absolute Gasteiger partial charge is 0.0615 e. The standard InChI is InChI=1S/C13H24N2/c1-10-8-14-15(9-10)11(12(2,3)4)13(5,6)7/h8-9,11H,1-7H3. The van der Waals surface area contributed by atoms with E-state index >= 15 is 0 Å². The molecule has 15 heavy (non-hydrogen) atoms. The number of aryl methyl sites for hydroxylation is 1. The van der Waals surface area contributed by atoms with Gasteiger partial charge in [0.1, 0.15) is 0 Å². The summed E-state index contributed by atoms with van der Waals surface area (Å²) in [6.45, 7) is 15.8. The second-order valence-corrected chi connectivity index (χ2v) is 6.63. The van der Waals surface area contributed by atoms with Gasteiger partial charge < -0.3 is 0 Å². The van der Waals surface area contributed by atoms with Crippen molar-refractivity contribution in [1.29, 1.82) is 0 Å². The Morgan fingerprint density at radius 3 is 1.80 bits per heavy atom. The van der Waals surface area contributed by atoms with E-state index < -0.39 is 0 Å². The Morgan fingerprint density at radius 2 is 1.53 bits per heavy atom. The molecule has 0 spiro atoms. The third-order valence-electron chi connectivity index (χ3n) is 2.64. The first-order valence-corrected chi connectivity index (χ1v) is 5.63. The van der Waals surface area contributed by atoms with Crippen molar-refractivity contribution < 1.29 is 0 Å². The summed E-state index contributed by atoms with van der Waals surface area (Å²) in [5, 5.41) is 4.47. The van der Waals surface area contributed by atoms with Crippen LogP contribution < -0.4 is 0 Å². The van der Waals surface area contributed by atoms with Crippen LogP contribution in [0.15, 0.2) is 12.4 Å². The summed E-state index contributed by atoms with van der Waals surface area (Å²) >= 11 is 0. The maximum atomic E-state index is 4.47. The highest BCUT2D eigenvalue weighted by Crippen LogP contribution is 2.43. The Balaban J connectivity index is 3.14. The number of aromatic nitrogens is 2. The van der Waals surface area contributed by atoms with Gasteiger partial charge in [0.25, 0.3) is 0 Å². The molecule has 0 aliphatic heterocycles. The van der Waals surface area contributed by atoms with Crippen molar-refractivity contribution in [2.24, 2.45) is 10.8 Å². The van der Waals surface area contributed by atoms with Crippen LogP contribution in [0, 0.1) is 17.8 Å². The first-order chi connectivity index (χ1) is 6.62. The van der Waals surface area contributed by atoms with E-state index in [4.69, 9.17) is 0 Å². The fourth-order valence-corrected chi connectivity index (χ4v) is 2.67. The molecule has 1 aromatic rings. The van der Waals surface area contributed by atoms with Crippen LogP contribution in [0.2, 0.25) is 0 Å². The zero-order valence-corrected chi connectivity index (χ0v) is 11.1. The molecule has 0 radical (unpaired) electrons. The molecule has 0 saturated carbocycles. The van der Waals surface area contributed by atoms with Crippen LogP contribution in [-0.4, -0.2) is 9.78 Å². The molecule has 0 N–H and O–H groups in total. The van der Waals surface area contributed by atoms with Gasteiger partial charge in [-0.1, -0.05) is 41.5 Å². The number of rotatable bonds is 1. The van der Waals surface area contributed by atoms with E-state index in [0.29, 0.717) is 6.04 Å². The fourth-order valence-electron chi connectivity index (χ4n) is 2.67. The summed E-state index contributed by atoms with van der Waals surface area (Å²) in [5.41, 5.74) is 1.67. The molecule has 1 rings (SSSR count). The van der Waals surface area contributed by atoms with Gasteiger partial charge in [-0.2, -0.15) is 5.10 Å². The van der Waals surface area contributed by atoms with Crippen molar-refractivity contribution >= 4 is 0 Å². The topological polar surface area (TPSA) is 17.8 Å². The quantitative estimate of drug-likeness (QED) is 0.686. The average Bonchev–Trinajstić information content (AvgIpc) is 2.28. The average molecular weight is 208 g/mol. The predicted molar refractivity (Wildman–Crippen MR) is 64.9 cm³/mol. The van der Waals surface area contributed by atoms with Crippen molar-refractivity contribution in [3.05, 3.63) is 18.0 Å². The molecule has 2 nitrogen and oxygen atoms in total. The molecule has 0 amide bonds. The van der Waals surface area contributed by atoms with E-state index in [9.17, 15) is 0 Å². The molecule has 2 heteroatoms. The number of hydrogen-bond donors (Lipinski definition) is 0. The molecule has 1 aromatic heterocycles. The Labute approximate surface area is 93.7 Å². The Bertz CT molecular complexity index is 309. The van der Waals surface area contributed by atoms with Gasteiger partial charge in [0.15, 0.2) is 0 Å². The molecule has 0 aliphatic rings. The molecule has 86 valence electrons. The van der Waals surface area contributed by atoms with Crippen molar-refractivity contribution in [1.82, 2.24) is 9.78 Å². The van der Waals surface area contributed by atoms with Crippen LogP contribution in [0.25, 0.3) is 0 Å². The fraction of sp³-hybridized carbons (Fsp3) is 0.769. The molecule has 0 unspecified atom stereocenters. The number of hydrogen-bond acceptors (Lipinski definition) is 1. The minimum Gasteiger partial charge on any atom is -0.268 e. The largest absolute Gasteiger partial charge is 0.268 e. The lowest BCUT2D eigenvalue weighted by Crippen LogP contribution is -2.35. The van der Waals surface area contributed by atoms with Gasteiger partial charge >= 0.3 is 0 Å². The van der Waals surface area contributed by atoms with E-state index in [0.717, 1.165) is 0 Å². The zero-order chi connectivity index (χ0) is 11.9. The van der Waals surface area contributed by atoms with Gasteiger partial charge in [-0.25, -0.2) is 0 Å². The highest BCUT2D eigenvalue weighted by Gasteiger charge is 2.36. The Morgan fingerprint density at radius 1 is 1.07 bits per heavy atom. The van der Waals surface area contributed by atoms with Gasteiger partial charge in [0.2, 0.25) is 0 Å². The zero-order valence-electron chi connectivity index (χ0n) is 11.1. The lowest BCUT2D eigenvalue weighted by molar-refractivity contribution is 0.0990. The molecule has 0 bridgehead atoms. The second kappa shape index (κ2) is 3.66. The van der Waals surface area contributed by atoms with Gasteiger partial charge in [-0.05, 0) is 23.3 Å². The first-order valence-electron chi connectivity index (χ1n) is 5.63. The van der Waals surface area contributed by atoms with Crippen LogP contribution in [0.5, 0.6) is 0 Å². The van der Waals surface area contributed by atoms with Gasteiger partial charge in [-0.15, -0.1) is 0 Å². The van der Waals surface area contributed by atoms with Crippen molar-refractivity contribution in [2.75, 3.05) is 0 Å². The summed E-state index contributed by atoms with van der Waals surface area (Å²) in [5.74, 6) is 0. The van der Waals surface area contributed by atoms with E-state index in [-0.39, 0.29) is 10.8 Å². The third kappa shape index (κ3) is 2.83. The monoisotopic (exact) mass is 208 g/mol. The van der Waals surface area contributed by atoms with Crippen LogP contribution in [-0.2, 0) is 0 Å². The number of nitrogens with zero attached hydrogens (tertiary/aromatic N) is 2. The van der Waals surface area contributed by atoms with Crippen LogP contribution >= 0.6 is 0 Å². The lowest BCUT2D eigenvalue weighted by Gasteiger charge is -2.40. The van der Waals surface area contributed by atoms with Crippen molar-refractivity contribution in [3.63, 3.8) is 0 Å². The van der Waals surface area contributed by atoms with E-state index in [2.05, 4.69) is 64.4 Å². The molecule has 0 aromatic carbocycles. The van der Waals surface area contributed by atoms with E-state index in [1.54, 1.807) is 0 Å². The van der Waals surface area contributed by atoms with Crippen LogP contribution in [0.1, 0.15) is 53.1 Å². The summed E-state index contributed by atoms with van der Waals surface area (Å²) in [6, 6.07) is 0.415. The second-order valence-electron chi connectivity index (χ2n) is 6.63. The summed E-state index contributed by atoms with van der Waals surface area (Å²) in [7, 11) is 0. The predicted octanol–water partition coefficient (Wildman–Crippen LogP) is 3.82. The summed E-state index contributed by atoms with van der Waals surface area (Å²) in [4.78, 5) is 0. The van der Waals surface area contributed by atoms with Crippen LogP contribution in [0.4, 0.5) is 0 Å². The van der Waals surface area contributed by atoms with E-state index in [1.165, 1.54) is 5.56 Å². The minimum atomic E-state index is 0.219. The molecular weight excluding hydrogens is 184 g/mol. The highest BCUT2D eigenvalue weighted by molar-refractivity contribution is 5.02. The molecule has 0 saturated heterocycles. The van der Waals surface area contributed by atoms with Crippen molar-refractivity contribution in [3.8, 4) is 0 Å². The molecule has 0 aliphatic carbocycles. The van der Waals surface area contributed by atoms with Gasteiger partial charge in [0, 0.05) is 6.20 Å². The minimum absolute atomic E-state index is 0.219. The molecular formula is C13H24N2. The molecule has 0 atom stereocenters. The molecule has 0 fully saturated rings. The SMILES string of the molecule is Cc1cnn(C(C(C)(C)C)C(C)(C)C)c1. The third-order valence-corrected chi connectivity index (χ3v) is 2.64. The Hall–Kier alpha value is -0.790. The lowest BCUT2D eigenvalue weighted by atomic mass is 9.72. The maximum absolute atomic E-state index is 4.47. The first kappa shape index (κ1) is 12.3. The normalized spacial score (nSPS) is 13.6. The highest BCUT2D eigenvalue weighted by atomic mass is 15.3. The van der Waals surface area contributed by atoms with Crippen LogP contribution in [0.3, 0.4) is 0 Å². The van der Waals surface area contributed by atoms with Crippen molar-refractivity contribution in [2.45, 2.75) is 54.5 Å². The summed E-state index contributed by atoms with van der Waals surface area (Å²) in [6.07, 6.45) is 4.08. The summed E-state index contributed by atoms with van der Waals surface area (Å²) < 4.78 is 2.12. The molecule has 1 heterocycles. The maximum Gasteiger partial charge on any atom is 0.0615 e.